The van der Waals surface area contributed by atoms with Crippen LogP contribution in [0.4, 0.5) is 0 Å². The first kappa shape index (κ1) is 4.91. The number of benzene rings is 1. The van der Waals surface area contributed by atoms with Gasteiger partial charge < -0.3 is 10.8 Å². The van der Waals surface area contributed by atoms with Crippen LogP contribution in [0.15, 0.2) is 30.3 Å². The van der Waals surface area contributed by atoms with Crippen LogP contribution in [0.25, 0.3) is 0 Å². The fourth-order valence-electron chi connectivity index (χ4n) is 0.858. The Morgan fingerprint density at radius 2 is 2.09 bits per heavy atom. The van der Waals surface area contributed by atoms with E-state index in [2.05, 4.69) is 0 Å². The summed E-state index contributed by atoms with van der Waals surface area (Å²) in [7, 11) is 0. The number of hydrogen-bond acceptors (Lipinski definition) is 2. The maximum atomic E-state index is 9.64. The van der Waals surface area contributed by atoms with Gasteiger partial charge in [-0.3, -0.25) is 0 Å². The van der Waals surface area contributed by atoms with E-state index >= 15 is 0 Å². The number of aliphatic hydroxyl groups is 1. The first-order valence-electron chi connectivity index (χ1n) is 4.91. The predicted molar refractivity (Wildman–Crippen MR) is 45.1 cm³/mol. The topological polar surface area (TPSA) is 46.2 Å². The summed E-state index contributed by atoms with van der Waals surface area (Å²) in [6.45, 7) is -2.34. The zero-order valence-corrected chi connectivity index (χ0v) is 6.07. The molecule has 0 spiro atoms. The van der Waals surface area contributed by atoms with Gasteiger partial charge in [0.1, 0.15) is 0 Å². The SMILES string of the molecule is [2H]C([2H])([2H])[C@@H](N)[C@@H](O)c1ccccc1. The predicted octanol–water partition coefficient (Wildman–Crippen LogP) is 1.07. The highest BCUT2D eigenvalue weighted by atomic mass is 16.3. The zero-order chi connectivity index (χ0) is 10.8. The van der Waals surface area contributed by atoms with E-state index in [1.54, 1.807) is 30.3 Å². The lowest BCUT2D eigenvalue weighted by Gasteiger charge is -2.13. The van der Waals surface area contributed by atoms with Crippen molar-refractivity contribution >= 4 is 0 Å². The zero-order valence-electron chi connectivity index (χ0n) is 9.07. The Morgan fingerprint density at radius 1 is 1.45 bits per heavy atom. The summed E-state index contributed by atoms with van der Waals surface area (Å²) in [5.41, 5.74) is 5.94. The van der Waals surface area contributed by atoms with Gasteiger partial charge in [0.05, 0.1) is 6.10 Å². The first-order valence-corrected chi connectivity index (χ1v) is 3.41. The maximum Gasteiger partial charge on any atom is 0.0938 e. The molecule has 2 heteroatoms. The van der Waals surface area contributed by atoms with Gasteiger partial charge in [0.25, 0.3) is 0 Å². The molecule has 0 saturated heterocycles. The molecule has 0 aromatic heterocycles. The molecule has 0 aliphatic rings. The molecule has 1 aromatic carbocycles. The molecule has 0 bridgehead atoms. The van der Waals surface area contributed by atoms with Gasteiger partial charge in [-0.05, 0) is 12.4 Å². The molecule has 1 aromatic rings. The normalized spacial score (nSPS) is 21.1. The molecule has 1 rings (SSSR count). The number of rotatable bonds is 2. The molecule has 60 valence electrons. The fourth-order valence-corrected chi connectivity index (χ4v) is 0.858. The second-order valence-electron chi connectivity index (χ2n) is 2.38. The standard InChI is InChI=1S/C9H13NO/c1-7(10)9(11)8-5-3-2-4-6-8/h2-7,9,11H,10H2,1H3/t7-,9-/m1/s1/i1D3. The number of aliphatic hydroxyl groups excluding tert-OH is 1. The van der Waals surface area contributed by atoms with Gasteiger partial charge in [-0.1, -0.05) is 30.3 Å². The van der Waals surface area contributed by atoms with Gasteiger partial charge in [0.15, 0.2) is 0 Å². The summed E-state index contributed by atoms with van der Waals surface area (Å²) in [5, 5.41) is 9.64. The van der Waals surface area contributed by atoms with Crippen LogP contribution >= 0.6 is 0 Å². The second-order valence-corrected chi connectivity index (χ2v) is 2.38. The third-order valence-electron chi connectivity index (χ3n) is 1.48. The average molecular weight is 154 g/mol. The van der Waals surface area contributed by atoms with Gasteiger partial charge in [0, 0.05) is 10.2 Å². The monoisotopic (exact) mass is 154 g/mol. The first-order chi connectivity index (χ1) is 6.43. The Bertz CT molecular complexity index is 286. The average Bonchev–Trinajstić information content (AvgIpc) is 2.15. The van der Waals surface area contributed by atoms with E-state index in [1.807, 2.05) is 0 Å². The fraction of sp³-hybridized carbons (Fsp3) is 0.333. The summed E-state index contributed by atoms with van der Waals surface area (Å²) >= 11 is 0. The second kappa shape index (κ2) is 3.51. The molecule has 0 aliphatic heterocycles. The van der Waals surface area contributed by atoms with Crippen molar-refractivity contribution < 1.29 is 9.22 Å². The van der Waals surface area contributed by atoms with E-state index in [4.69, 9.17) is 9.85 Å². The maximum absolute atomic E-state index is 9.64. The van der Waals surface area contributed by atoms with Crippen LogP contribution < -0.4 is 5.73 Å². The van der Waals surface area contributed by atoms with Crippen molar-refractivity contribution in [1.82, 2.24) is 0 Å². The van der Waals surface area contributed by atoms with Gasteiger partial charge in [-0.2, -0.15) is 0 Å². The van der Waals surface area contributed by atoms with Crippen molar-refractivity contribution in [2.75, 3.05) is 0 Å². The lowest BCUT2D eigenvalue weighted by molar-refractivity contribution is 0.153. The van der Waals surface area contributed by atoms with Crippen LogP contribution in [0, 0.1) is 0 Å². The minimum absolute atomic E-state index is 0.524. The van der Waals surface area contributed by atoms with Crippen LogP contribution in [0.3, 0.4) is 0 Å². The minimum atomic E-state index is -2.34. The van der Waals surface area contributed by atoms with Crippen molar-refractivity contribution in [3.05, 3.63) is 35.9 Å². The molecule has 0 aliphatic carbocycles. The molecule has 0 amide bonds. The highest BCUT2D eigenvalue weighted by molar-refractivity contribution is 5.18. The molecular weight excluding hydrogens is 138 g/mol. The molecule has 0 unspecified atom stereocenters. The van der Waals surface area contributed by atoms with Crippen LogP contribution in [0.2, 0.25) is 0 Å². The van der Waals surface area contributed by atoms with E-state index in [0.717, 1.165) is 0 Å². The lowest BCUT2D eigenvalue weighted by Crippen LogP contribution is -2.24. The molecule has 11 heavy (non-hydrogen) atoms. The van der Waals surface area contributed by atoms with E-state index in [9.17, 15) is 5.11 Å². The van der Waals surface area contributed by atoms with E-state index < -0.39 is 19.0 Å². The van der Waals surface area contributed by atoms with Gasteiger partial charge in [0.2, 0.25) is 0 Å². The van der Waals surface area contributed by atoms with E-state index in [-0.39, 0.29) is 0 Å². The van der Waals surface area contributed by atoms with Crippen LogP contribution in [0.1, 0.15) is 22.6 Å². The molecule has 2 atom stereocenters. The third-order valence-corrected chi connectivity index (χ3v) is 1.48. The van der Waals surface area contributed by atoms with Gasteiger partial charge >= 0.3 is 0 Å². The van der Waals surface area contributed by atoms with E-state index in [1.165, 1.54) is 0 Å². The van der Waals surface area contributed by atoms with Crippen molar-refractivity contribution in [1.29, 1.82) is 0 Å². The lowest BCUT2D eigenvalue weighted by atomic mass is 10.0. The van der Waals surface area contributed by atoms with Crippen LogP contribution in [0.5, 0.6) is 0 Å². The van der Waals surface area contributed by atoms with Crippen molar-refractivity contribution in [3.63, 3.8) is 0 Å². The summed E-state index contributed by atoms with van der Waals surface area (Å²) in [6.07, 6.45) is -1.15. The van der Waals surface area contributed by atoms with Crippen molar-refractivity contribution in [2.45, 2.75) is 19.0 Å². The summed E-state index contributed by atoms with van der Waals surface area (Å²) < 4.78 is 21.2. The molecule has 0 radical (unpaired) electrons. The van der Waals surface area contributed by atoms with Gasteiger partial charge in [-0.15, -0.1) is 0 Å². The molecule has 0 saturated carbocycles. The Kier molecular flexibility index (Phi) is 1.56. The summed E-state index contributed by atoms with van der Waals surface area (Å²) in [6, 6.07) is 7.30. The van der Waals surface area contributed by atoms with Gasteiger partial charge in [-0.25, -0.2) is 0 Å². The molecule has 0 heterocycles. The molecule has 3 N–H and O–H groups in total. The Labute approximate surface area is 70.9 Å². The third kappa shape index (κ3) is 2.03. The largest absolute Gasteiger partial charge is 0.387 e. The van der Waals surface area contributed by atoms with Crippen LogP contribution in [-0.4, -0.2) is 11.1 Å². The van der Waals surface area contributed by atoms with Crippen molar-refractivity contribution in [2.24, 2.45) is 5.73 Å². The minimum Gasteiger partial charge on any atom is -0.387 e. The Balaban J connectivity index is 2.81. The summed E-state index contributed by atoms with van der Waals surface area (Å²) in [5.74, 6) is 0. The Hall–Kier alpha value is -0.860. The molecule has 2 nitrogen and oxygen atoms in total. The number of nitrogens with two attached hydrogens (primary N) is 1. The quantitative estimate of drug-likeness (QED) is 0.669. The molecular formula is C9H13NO. The van der Waals surface area contributed by atoms with E-state index in [0.29, 0.717) is 5.56 Å². The highest BCUT2D eigenvalue weighted by Gasteiger charge is 2.10. The van der Waals surface area contributed by atoms with Crippen molar-refractivity contribution in [3.8, 4) is 0 Å². The molecule has 0 fully saturated rings. The highest BCUT2D eigenvalue weighted by Crippen LogP contribution is 2.13. The Morgan fingerprint density at radius 3 is 2.64 bits per heavy atom. The smallest absolute Gasteiger partial charge is 0.0938 e. The van der Waals surface area contributed by atoms with Crippen LogP contribution in [-0.2, 0) is 0 Å². The summed E-state index contributed by atoms with van der Waals surface area (Å²) in [4.78, 5) is 0. The number of hydrogen-bond donors (Lipinski definition) is 2.